The topological polar surface area (TPSA) is 21.3 Å². The molecule has 15 heavy (non-hydrogen) atoms. The Morgan fingerprint density at radius 1 is 1.40 bits per heavy atom. The first-order valence-corrected chi connectivity index (χ1v) is 5.32. The van der Waals surface area contributed by atoms with Crippen LogP contribution in [0.15, 0.2) is 18.2 Å². The van der Waals surface area contributed by atoms with E-state index in [0.717, 1.165) is 31.7 Å². The van der Waals surface area contributed by atoms with Crippen molar-refractivity contribution in [1.29, 1.82) is 0 Å². The Morgan fingerprint density at radius 2 is 2.20 bits per heavy atom. The summed E-state index contributed by atoms with van der Waals surface area (Å²) in [4.78, 5) is 0. The fourth-order valence-corrected chi connectivity index (χ4v) is 1.31. The van der Waals surface area contributed by atoms with Crippen LogP contribution in [0.2, 0.25) is 0 Å². The monoisotopic (exact) mass is 211 g/mol. The molecular weight excluding hydrogens is 193 g/mol. The lowest BCUT2D eigenvalue weighted by Crippen LogP contribution is -2.06. The standard InChI is InChI=1S/C12H18FNO/c1-3-15-8-4-7-14-12-6-5-10(2)9-11(12)13/h5-6,9,14H,3-4,7-8H2,1-2H3. The molecule has 0 heterocycles. The third-order valence-electron chi connectivity index (χ3n) is 2.11. The van der Waals surface area contributed by atoms with E-state index in [2.05, 4.69) is 5.32 Å². The van der Waals surface area contributed by atoms with Crippen LogP contribution >= 0.6 is 0 Å². The Bertz CT molecular complexity index is 302. The predicted molar refractivity (Wildman–Crippen MR) is 60.7 cm³/mol. The van der Waals surface area contributed by atoms with Crippen LogP contribution in [0, 0.1) is 12.7 Å². The predicted octanol–water partition coefficient (Wildman–Crippen LogP) is 2.97. The van der Waals surface area contributed by atoms with Crippen LogP contribution in [0.25, 0.3) is 0 Å². The first kappa shape index (κ1) is 12.0. The zero-order chi connectivity index (χ0) is 11.1. The molecule has 0 bridgehead atoms. The summed E-state index contributed by atoms with van der Waals surface area (Å²) in [5.41, 5.74) is 1.50. The van der Waals surface area contributed by atoms with Crippen molar-refractivity contribution in [2.45, 2.75) is 20.3 Å². The molecule has 84 valence electrons. The zero-order valence-corrected chi connectivity index (χ0v) is 9.35. The lowest BCUT2D eigenvalue weighted by atomic mass is 10.2. The van der Waals surface area contributed by atoms with E-state index in [9.17, 15) is 4.39 Å². The second-order valence-corrected chi connectivity index (χ2v) is 3.46. The van der Waals surface area contributed by atoms with Gasteiger partial charge in [-0.25, -0.2) is 4.39 Å². The van der Waals surface area contributed by atoms with Crippen molar-refractivity contribution in [3.8, 4) is 0 Å². The minimum Gasteiger partial charge on any atom is -0.383 e. The number of benzene rings is 1. The molecule has 1 rings (SSSR count). The van der Waals surface area contributed by atoms with Gasteiger partial charge in [0.05, 0.1) is 5.69 Å². The van der Waals surface area contributed by atoms with Crippen LogP contribution in [-0.2, 0) is 4.74 Å². The van der Waals surface area contributed by atoms with Gasteiger partial charge in [-0.15, -0.1) is 0 Å². The number of hydrogen-bond acceptors (Lipinski definition) is 2. The van der Waals surface area contributed by atoms with E-state index in [1.54, 1.807) is 6.07 Å². The molecule has 0 aliphatic carbocycles. The average molecular weight is 211 g/mol. The Balaban J connectivity index is 2.31. The first-order valence-electron chi connectivity index (χ1n) is 5.32. The van der Waals surface area contributed by atoms with Gasteiger partial charge >= 0.3 is 0 Å². The molecule has 0 saturated carbocycles. The van der Waals surface area contributed by atoms with Crippen molar-refractivity contribution < 1.29 is 9.13 Å². The molecule has 2 nitrogen and oxygen atoms in total. The van der Waals surface area contributed by atoms with E-state index in [1.807, 2.05) is 19.9 Å². The Labute approximate surface area is 90.4 Å². The third kappa shape index (κ3) is 4.30. The van der Waals surface area contributed by atoms with Gasteiger partial charge in [0.15, 0.2) is 0 Å². The van der Waals surface area contributed by atoms with Gasteiger partial charge in [-0.3, -0.25) is 0 Å². The van der Waals surface area contributed by atoms with E-state index in [1.165, 1.54) is 6.07 Å². The van der Waals surface area contributed by atoms with Gasteiger partial charge in [-0.2, -0.15) is 0 Å². The highest BCUT2D eigenvalue weighted by atomic mass is 19.1. The van der Waals surface area contributed by atoms with Crippen LogP contribution in [0.4, 0.5) is 10.1 Å². The number of aryl methyl sites for hydroxylation is 1. The summed E-state index contributed by atoms with van der Waals surface area (Å²) in [5.74, 6) is -0.189. The fourth-order valence-electron chi connectivity index (χ4n) is 1.31. The first-order chi connectivity index (χ1) is 7.24. The van der Waals surface area contributed by atoms with Gasteiger partial charge in [0.25, 0.3) is 0 Å². The van der Waals surface area contributed by atoms with Crippen LogP contribution in [0.1, 0.15) is 18.9 Å². The van der Waals surface area contributed by atoms with Crippen molar-refractivity contribution >= 4 is 5.69 Å². The Morgan fingerprint density at radius 3 is 2.87 bits per heavy atom. The number of halogens is 1. The van der Waals surface area contributed by atoms with E-state index < -0.39 is 0 Å². The molecule has 0 atom stereocenters. The molecule has 1 N–H and O–H groups in total. The Kier molecular flexibility index (Phi) is 5.12. The highest BCUT2D eigenvalue weighted by Gasteiger charge is 2.00. The molecule has 0 aliphatic rings. The molecular formula is C12H18FNO. The number of rotatable bonds is 6. The average Bonchev–Trinajstić information content (AvgIpc) is 2.20. The molecule has 0 aliphatic heterocycles. The Hall–Kier alpha value is -1.09. The van der Waals surface area contributed by atoms with Gasteiger partial charge in [0.2, 0.25) is 0 Å². The maximum absolute atomic E-state index is 13.3. The van der Waals surface area contributed by atoms with Crippen LogP contribution in [0.3, 0.4) is 0 Å². The summed E-state index contributed by atoms with van der Waals surface area (Å²) in [6.07, 6.45) is 0.890. The van der Waals surface area contributed by atoms with Gasteiger partial charge in [-0.05, 0) is 38.0 Å². The molecule has 0 unspecified atom stereocenters. The van der Waals surface area contributed by atoms with Gasteiger partial charge < -0.3 is 10.1 Å². The molecule has 0 aromatic heterocycles. The lowest BCUT2D eigenvalue weighted by Gasteiger charge is -2.07. The molecule has 1 aromatic rings. The highest BCUT2D eigenvalue weighted by Crippen LogP contribution is 2.14. The largest absolute Gasteiger partial charge is 0.383 e. The second-order valence-electron chi connectivity index (χ2n) is 3.46. The summed E-state index contributed by atoms with van der Waals surface area (Å²) in [6.45, 7) is 6.03. The summed E-state index contributed by atoms with van der Waals surface area (Å²) < 4.78 is 18.5. The molecule has 0 amide bonds. The molecule has 3 heteroatoms. The smallest absolute Gasteiger partial charge is 0.146 e. The van der Waals surface area contributed by atoms with Crippen LogP contribution in [-0.4, -0.2) is 19.8 Å². The summed E-state index contributed by atoms with van der Waals surface area (Å²) in [7, 11) is 0. The summed E-state index contributed by atoms with van der Waals surface area (Å²) in [5, 5.41) is 3.04. The molecule has 1 aromatic carbocycles. The lowest BCUT2D eigenvalue weighted by molar-refractivity contribution is 0.147. The van der Waals surface area contributed by atoms with Crippen molar-refractivity contribution in [3.05, 3.63) is 29.6 Å². The minimum atomic E-state index is -0.189. The van der Waals surface area contributed by atoms with Crippen LogP contribution in [0.5, 0.6) is 0 Å². The van der Waals surface area contributed by atoms with Crippen molar-refractivity contribution in [1.82, 2.24) is 0 Å². The molecule has 0 fully saturated rings. The van der Waals surface area contributed by atoms with Gasteiger partial charge in [0, 0.05) is 19.8 Å². The maximum atomic E-state index is 13.3. The number of hydrogen-bond donors (Lipinski definition) is 1. The normalized spacial score (nSPS) is 10.3. The highest BCUT2D eigenvalue weighted by molar-refractivity contribution is 5.45. The number of nitrogens with one attached hydrogen (secondary N) is 1. The van der Waals surface area contributed by atoms with E-state index >= 15 is 0 Å². The molecule has 0 saturated heterocycles. The minimum absolute atomic E-state index is 0.189. The third-order valence-corrected chi connectivity index (χ3v) is 2.11. The second kappa shape index (κ2) is 6.40. The zero-order valence-electron chi connectivity index (χ0n) is 9.35. The van der Waals surface area contributed by atoms with Crippen LogP contribution < -0.4 is 5.32 Å². The van der Waals surface area contributed by atoms with Crippen molar-refractivity contribution in [3.63, 3.8) is 0 Å². The SMILES string of the molecule is CCOCCCNc1ccc(C)cc1F. The fraction of sp³-hybridized carbons (Fsp3) is 0.500. The van der Waals surface area contributed by atoms with E-state index in [4.69, 9.17) is 4.74 Å². The number of ether oxygens (including phenoxy) is 1. The maximum Gasteiger partial charge on any atom is 0.146 e. The van der Waals surface area contributed by atoms with E-state index in [-0.39, 0.29) is 5.82 Å². The van der Waals surface area contributed by atoms with Crippen molar-refractivity contribution in [2.24, 2.45) is 0 Å². The molecule has 0 spiro atoms. The van der Waals surface area contributed by atoms with Gasteiger partial charge in [0.1, 0.15) is 5.82 Å². The van der Waals surface area contributed by atoms with Crippen molar-refractivity contribution in [2.75, 3.05) is 25.1 Å². The quantitative estimate of drug-likeness (QED) is 0.730. The molecule has 0 radical (unpaired) electrons. The number of anilines is 1. The summed E-state index contributed by atoms with van der Waals surface area (Å²) >= 11 is 0. The summed E-state index contributed by atoms with van der Waals surface area (Å²) in [6, 6.07) is 5.20. The van der Waals surface area contributed by atoms with E-state index in [0.29, 0.717) is 5.69 Å². The van der Waals surface area contributed by atoms with Gasteiger partial charge in [-0.1, -0.05) is 6.07 Å².